The van der Waals surface area contributed by atoms with Crippen LogP contribution in [0, 0.1) is 0 Å². The van der Waals surface area contributed by atoms with Gasteiger partial charge in [0.2, 0.25) is 10.0 Å². The van der Waals surface area contributed by atoms with E-state index in [1.165, 1.54) is 0 Å². The van der Waals surface area contributed by atoms with Gasteiger partial charge in [-0.25, -0.2) is 13.1 Å². The van der Waals surface area contributed by atoms with Gasteiger partial charge in [-0.15, -0.1) is 11.3 Å². The summed E-state index contributed by atoms with van der Waals surface area (Å²) in [5.41, 5.74) is -0.234. The summed E-state index contributed by atoms with van der Waals surface area (Å²) in [4.78, 5) is 1.43. The minimum Gasteiger partial charge on any atom is -0.210 e. The van der Waals surface area contributed by atoms with Gasteiger partial charge in [0.05, 0.1) is 4.90 Å². The summed E-state index contributed by atoms with van der Waals surface area (Å²) >= 11 is 4.91. The number of benzene rings is 1. The van der Waals surface area contributed by atoms with Crippen molar-refractivity contribution in [1.29, 1.82) is 0 Å². The van der Waals surface area contributed by atoms with Gasteiger partial charge < -0.3 is 0 Å². The van der Waals surface area contributed by atoms with E-state index in [0.29, 0.717) is 11.0 Å². The Bertz CT molecular complexity index is 679. The molecule has 1 aromatic carbocycles. The summed E-state index contributed by atoms with van der Waals surface area (Å²) < 4.78 is 27.9. The molecule has 6 heteroatoms. The fraction of sp³-hybridized carbons (Fsp3) is 0.286. The monoisotopic (exact) mass is 373 g/mol. The first-order chi connectivity index (χ1) is 9.33. The number of halogens is 1. The van der Waals surface area contributed by atoms with Crippen LogP contribution in [0.25, 0.3) is 0 Å². The van der Waals surface area contributed by atoms with Gasteiger partial charge in [-0.05, 0) is 39.5 Å². The van der Waals surface area contributed by atoms with Crippen LogP contribution in [0.4, 0.5) is 0 Å². The molecule has 2 rings (SSSR count). The van der Waals surface area contributed by atoms with Crippen LogP contribution in [0.1, 0.15) is 18.7 Å². The lowest BCUT2D eigenvalue weighted by atomic mass is 9.92. The van der Waals surface area contributed by atoms with Crippen molar-refractivity contribution in [2.75, 3.05) is 6.54 Å². The van der Waals surface area contributed by atoms with Gasteiger partial charge in [0, 0.05) is 21.3 Å². The quantitative estimate of drug-likeness (QED) is 0.866. The van der Waals surface area contributed by atoms with Crippen LogP contribution >= 0.6 is 27.3 Å². The van der Waals surface area contributed by atoms with E-state index in [4.69, 9.17) is 0 Å². The van der Waals surface area contributed by atoms with Gasteiger partial charge in [-0.2, -0.15) is 0 Å². The molecule has 20 heavy (non-hydrogen) atoms. The van der Waals surface area contributed by atoms with Crippen LogP contribution in [-0.2, 0) is 15.4 Å². The highest BCUT2D eigenvalue weighted by atomic mass is 79.9. The van der Waals surface area contributed by atoms with E-state index in [9.17, 15) is 8.42 Å². The molecule has 0 saturated carbocycles. The SMILES string of the molecule is CC(C)(CNS(=O)(=O)c1ccccc1Br)c1cccs1. The standard InChI is InChI=1S/C14H16BrNO2S2/c1-14(2,13-8-5-9-19-13)10-16-20(17,18)12-7-4-3-6-11(12)15/h3-9,16H,10H2,1-2H3. The predicted molar refractivity (Wildman–Crippen MR) is 86.7 cm³/mol. The maximum atomic E-state index is 12.3. The second kappa shape index (κ2) is 5.97. The Labute approximate surface area is 132 Å². The minimum absolute atomic E-state index is 0.234. The molecule has 108 valence electrons. The highest BCUT2D eigenvalue weighted by molar-refractivity contribution is 9.10. The third-order valence-corrected chi connectivity index (χ3v) is 6.67. The molecule has 0 aliphatic heterocycles. The fourth-order valence-electron chi connectivity index (χ4n) is 1.77. The Hall–Kier alpha value is -0.690. The normalized spacial score (nSPS) is 12.6. The number of nitrogens with one attached hydrogen (secondary N) is 1. The van der Waals surface area contributed by atoms with Crippen molar-refractivity contribution in [3.05, 3.63) is 51.1 Å². The van der Waals surface area contributed by atoms with Gasteiger partial charge in [-0.1, -0.05) is 32.0 Å². The maximum absolute atomic E-state index is 12.3. The molecule has 1 aromatic heterocycles. The van der Waals surface area contributed by atoms with Crippen LogP contribution < -0.4 is 4.72 Å². The smallest absolute Gasteiger partial charge is 0.210 e. The Morgan fingerprint density at radius 3 is 2.50 bits per heavy atom. The third-order valence-electron chi connectivity index (χ3n) is 3.02. The molecule has 1 heterocycles. The van der Waals surface area contributed by atoms with Crippen molar-refractivity contribution in [1.82, 2.24) is 4.72 Å². The number of hydrogen-bond acceptors (Lipinski definition) is 3. The van der Waals surface area contributed by atoms with Gasteiger partial charge in [0.15, 0.2) is 0 Å². The highest BCUT2D eigenvalue weighted by Crippen LogP contribution is 2.28. The second-order valence-electron chi connectivity index (χ2n) is 5.12. The van der Waals surface area contributed by atoms with E-state index in [1.54, 1.807) is 35.6 Å². The van der Waals surface area contributed by atoms with Crippen molar-refractivity contribution in [2.45, 2.75) is 24.2 Å². The maximum Gasteiger partial charge on any atom is 0.241 e. The largest absolute Gasteiger partial charge is 0.241 e. The summed E-state index contributed by atoms with van der Waals surface area (Å²) in [7, 11) is -3.51. The lowest BCUT2D eigenvalue weighted by molar-refractivity contribution is 0.509. The van der Waals surface area contributed by atoms with Crippen molar-refractivity contribution >= 4 is 37.3 Å². The summed E-state index contributed by atoms with van der Waals surface area (Å²) in [5.74, 6) is 0. The Balaban J connectivity index is 2.17. The van der Waals surface area contributed by atoms with Gasteiger partial charge in [0.25, 0.3) is 0 Å². The first-order valence-corrected chi connectivity index (χ1v) is 9.27. The Morgan fingerprint density at radius 1 is 1.20 bits per heavy atom. The predicted octanol–water partition coefficient (Wildman–Crippen LogP) is 3.77. The van der Waals surface area contributed by atoms with Gasteiger partial charge >= 0.3 is 0 Å². The third kappa shape index (κ3) is 3.49. The number of thiophene rings is 1. The lowest BCUT2D eigenvalue weighted by Crippen LogP contribution is -2.36. The summed E-state index contributed by atoms with van der Waals surface area (Å²) in [5, 5.41) is 2.00. The van der Waals surface area contributed by atoms with Crippen LogP contribution in [0.15, 0.2) is 51.1 Å². The van der Waals surface area contributed by atoms with Crippen LogP contribution in [0.5, 0.6) is 0 Å². The molecule has 0 aliphatic carbocycles. The topological polar surface area (TPSA) is 46.2 Å². The van der Waals surface area contributed by atoms with Crippen molar-refractivity contribution in [2.24, 2.45) is 0 Å². The number of rotatable bonds is 5. The summed E-state index contributed by atoms with van der Waals surface area (Å²) in [6, 6.07) is 10.8. The summed E-state index contributed by atoms with van der Waals surface area (Å²) in [6.45, 7) is 4.42. The molecular weight excluding hydrogens is 358 g/mol. The van der Waals surface area contributed by atoms with Crippen molar-refractivity contribution in [3.63, 3.8) is 0 Å². The Kier molecular flexibility index (Phi) is 4.69. The second-order valence-corrected chi connectivity index (χ2v) is 8.65. The van der Waals surface area contributed by atoms with E-state index < -0.39 is 10.0 Å². The van der Waals surface area contributed by atoms with Crippen molar-refractivity contribution in [3.8, 4) is 0 Å². The molecule has 0 bridgehead atoms. The first kappa shape index (κ1) is 15.7. The zero-order chi connectivity index (χ0) is 14.8. The molecule has 0 saturated heterocycles. The number of sulfonamides is 1. The van der Waals surface area contributed by atoms with Gasteiger partial charge in [0.1, 0.15) is 0 Å². The van der Waals surface area contributed by atoms with E-state index in [-0.39, 0.29) is 10.3 Å². The van der Waals surface area contributed by atoms with Gasteiger partial charge in [-0.3, -0.25) is 0 Å². The van der Waals surface area contributed by atoms with Crippen LogP contribution in [0.2, 0.25) is 0 Å². The number of hydrogen-bond donors (Lipinski definition) is 1. The minimum atomic E-state index is -3.51. The highest BCUT2D eigenvalue weighted by Gasteiger charge is 2.25. The average molecular weight is 374 g/mol. The van der Waals surface area contributed by atoms with Crippen LogP contribution in [0.3, 0.4) is 0 Å². The zero-order valence-corrected chi connectivity index (χ0v) is 14.5. The molecule has 0 unspecified atom stereocenters. The molecule has 0 fully saturated rings. The molecule has 3 nitrogen and oxygen atoms in total. The molecule has 1 N–H and O–H groups in total. The average Bonchev–Trinajstić information content (AvgIpc) is 2.92. The van der Waals surface area contributed by atoms with Crippen LogP contribution in [-0.4, -0.2) is 15.0 Å². The van der Waals surface area contributed by atoms with E-state index in [1.807, 2.05) is 31.4 Å². The lowest BCUT2D eigenvalue weighted by Gasteiger charge is -2.23. The molecule has 0 spiro atoms. The molecule has 2 aromatic rings. The first-order valence-electron chi connectivity index (χ1n) is 6.11. The fourth-order valence-corrected chi connectivity index (χ4v) is 4.83. The zero-order valence-electron chi connectivity index (χ0n) is 11.3. The Morgan fingerprint density at radius 2 is 1.90 bits per heavy atom. The van der Waals surface area contributed by atoms with Crippen molar-refractivity contribution < 1.29 is 8.42 Å². The molecular formula is C14H16BrNO2S2. The molecule has 0 amide bonds. The summed E-state index contributed by atoms with van der Waals surface area (Å²) in [6.07, 6.45) is 0. The molecule has 0 aliphatic rings. The molecule has 0 radical (unpaired) electrons. The van der Waals surface area contributed by atoms with E-state index >= 15 is 0 Å². The van der Waals surface area contributed by atoms with E-state index in [0.717, 1.165) is 4.88 Å². The molecule has 0 atom stereocenters. The van der Waals surface area contributed by atoms with E-state index in [2.05, 4.69) is 20.7 Å².